The number of carbonyl (C=O) groups is 2. The van der Waals surface area contributed by atoms with E-state index >= 15 is 0 Å². The molecule has 0 aliphatic heterocycles. The Hall–Kier alpha value is -2.08. The van der Waals surface area contributed by atoms with E-state index in [1.165, 1.54) is 0 Å². The summed E-state index contributed by atoms with van der Waals surface area (Å²) in [5, 5.41) is 5.67. The summed E-state index contributed by atoms with van der Waals surface area (Å²) in [6, 6.07) is 7.47. The number of ether oxygens (including phenoxy) is 2. The van der Waals surface area contributed by atoms with Crippen LogP contribution in [0.3, 0.4) is 0 Å². The number of rotatable bonds is 9. The molecule has 0 radical (unpaired) electrons. The molecule has 1 aromatic rings. The summed E-state index contributed by atoms with van der Waals surface area (Å²) >= 11 is 0. The van der Waals surface area contributed by atoms with Crippen molar-refractivity contribution >= 4 is 11.8 Å². The van der Waals surface area contributed by atoms with Crippen molar-refractivity contribution in [3.05, 3.63) is 29.8 Å². The summed E-state index contributed by atoms with van der Waals surface area (Å²) in [5.41, 5.74) is 0.0926. The Labute approximate surface area is 136 Å². The van der Waals surface area contributed by atoms with E-state index in [2.05, 4.69) is 10.6 Å². The van der Waals surface area contributed by atoms with Gasteiger partial charge in [-0.05, 0) is 37.0 Å². The SMILES string of the molecule is COCCCNC(=O)C1(C(=O)NCc2ccc(OC)cc2)CC1. The molecule has 1 fully saturated rings. The maximum atomic E-state index is 12.3. The quantitative estimate of drug-likeness (QED) is 0.530. The summed E-state index contributed by atoms with van der Waals surface area (Å²) in [6.45, 7) is 1.53. The first kappa shape index (κ1) is 17.3. The predicted octanol–water partition coefficient (Wildman–Crippen LogP) is 1.24. The van der Waals surface area contributed by atoms with E-state index in [0.29, 0.717) is 32.5 Å². The van der Waals surface area contributed by atoms with Crippen LogP contribution in [0.15, 0.2) is 24.3 Å². The summed E-state index contributed by atoms with van der Waals surface area (Å²) < 4.78 is 10.0. The Morgan fingerprint density at radius 2 is 1.74 bits per heavy atom. The van der Waals surface area contributed by atoms with E-state index in [9.17, 15) is 9.59 Å². The monoisotopic (exact) mass is 320 g/mol. The number of hydrogen-bond donors (Lipinski definition) is 2. The lowest BCUT2D eigenvalue weighted by molar-refractivity contribution is -0.137. The first-order chi connectivity index (χ1) is 11.1. The molecule has 6 heteroatoms. The van der Waals surface area contributed by atoms with Gasteiger partial charge in [-0.3, -0.25) is 9.59 Å². The number of amides is 2. The molecule has 1 aromatic carbocycles. The van der Waals surface area contributed by atoms with Crippen molar-refractivity contribution in [2.24, 2.45) is 5.41 Å². The summed E-state index contributed by atoms with van der Waals surface area (Å²) in [5.74, 6) is 0.396. The van der Waals surface area contributed by atoms with Crippen LogP contribution in [0.2, 0.25) is 0 Å². The molecule has 0 unspecified atom stereocenters. The molecule has 2 amide bonds. The number of methoxy groups -OCH3 is 2. The van der Waals surface area contributed by atoms with Gasteiger partial charge in [0.05, 0.1) is 7.11 Å². The normalized spacial score (nSPS) is 14.9. The molecule has 1 saturated carbocycles. The van der Waals surface area contributed by atoms with Gasteiger partial charge in [0.15, 0.2) is 0 Å². The summed E-state index contributed by atoms with van der Waals surface area (Å²) in [4.78, 5) is 24.5. The number of nitrogens with one attached hydrogen (secondary N) is 2. The number of hydrogen-bond acceptors (Lipinski definition) is 4. The standard InChI is InChI=1S/C17H24N2O4/c1-22-11-3-10-18-15(20)17(8-9-17)16(21)19-12-13-4-6-14(23-2)7-5-13/h4-7H,3,8-12H2,1-2H3,(H,18,20)(H,19,21). The lowest BCUT2D eigenvalue weighted by Crippen LogP contribution is -2.43. The van der Waals surface area contributed by atoms with Gasteiger partial charge < -0.3 is 20.1 Å². The fraction of sp³-hybridized carbons (Fsp3) is 0.529. The predicted molar refractivity (Wildman–Crippen MR) is 86.0 cm³/mol. The smallest absolute Gasteiger partial charge is 0.235 e. The van der Waals surface area contributed by atoms with Crippen molar-refractivity contribution in [3.8, 4) is 5.75 Å². The zero-order valence-electron chi connectivity index (χ0n) is 13.7. The molecule has 0 bridgehead atoms. The van der Waals surface area contributed by atoms with E-state index < -0.39 is 5.41 Å². The van der Waals surface area contributed by atoms with E-state index in [4.69, 9.17) is 9.47 Å². The van der Waals surface area contributed by atoms with Crippen molar-refractivity contribution in [1.29, 1.82) is 0 Å². The van der Waals surface area contributed by atoms with Gasteiger partial charge >= 0.3 is 0 Å². The molecule has 0 atom stereocenters. The van der Waals surface area contributed by atoms with Gasteiger partial charge in [0.25, 0.3) is 0 Å². The Bertz CT molecular complexity index is 538. The van der Waals surface area contributed by atoms with Crippen LogP contribution in [0.5, 0.6) is 5.75 Å². The van der Waals surface area contributed by atoms with E-state index in [1.54, 1.807) is 14.2 Å². The second kappa shape index (κ2) is 7.97. The Kier molecular flexibility index (Phi) is 5.98. The van der Waals surface area contributed by atoms with Crippen LogP contribution in [0, 0.1) is 5.41 Å². The molecule has 23 heavy (non-hydrogen) atoms. The molecule has 6 nitrogen and oxygen atoms in total. The molecule has 2 N–H and O–H groups in total. The zero-order chi connectivity index (χ0) is 16.7. The van der Waals surface area contributed by atoms with Gasteiger partial charge in [-0.2, -0.15) is 0 Å². The zero-order valence-corrected chi connectivity index (χ0v) is 13.7. The van der Waals surface area contributed by atoms with E-state index in [-0.39, 0.29) is 11.8 Å². The van der Waals surface area contributed by atoms with Gasteiger partial charge in [0.2, 0.25) is 11.8 Å². The Balaban J connectivity index is 1.80. The first-order valence-electron chi connectivity index (χ1n) is 7.81. The van der Waals surface area contributed by atoms with Gasteiger partial charge in [-0.1, -0.05) is 12.1 Å². The molecule has 1 aliphatic carbocycles. The van der Waals surface area contributed by atoms with Crippen molar-refractivity contribution < 1.29 is 19.1 Å². The third kappa shape index (κ3) is 4.45. The van der Waals surface area contributed by atoms with Crippen molar-refractivity contribution in [2.75, 3.05) is 27.4 Å². The average molecular weight is 320 g/mol. The third-order valence-corrected chi connectivity index (χ3v) is 4.04. The summed E-state index contributed by atoms with van der Waals surface area (Å²) in [7, 11) is 3.23. The molecule has 2 rings (SSSR count). The summed E-state index contributed by atoms with van der Waals surface area (Å²) in [6.07, 6.45) is 1.96. The minimum Gasteiger partial charge on any atom is -0.497 e. The molecule has 0 heterocycles. The topological polar surface area (TPSA) is 76.7 Å². The van der Waals surface area contributed by atoms with Crippen LogP contribution in [0.25, 0.3) is 0 Å². The Morgan fingerprint density at radius 3 is 2.30 bits per heavy atom. The molecule has 0 saturated heterocycles. The van der Waals surface area contributed by atoms with Crippen LogP contribution in [0.4, 0.5) is 0 Å². The highest BCUT2D eigenvalue weighted by atomic mass is 16.5. The molecule has 126 valence electrons. The second-order valence-electron chi connectivity index (χ2n) is 5.72. The highest BCUT2D eigenvalue weighted by Crippen LogP contribution is 2.46. The highest BCUT2D eigenvalue weighted by molar-refractivity contribution is 6.07. The number of benzene rings is 1. The fourth-order valence-corrected chi connectivity index (χ4v) is 2.36. The van der Waals surface area contributed by atoms with Crippen LogP contribution >= 0.6 is 0 Å². The van der Waals surface area contributed by atoms with Crippen molar-refractivity contribution in [2.45, 2.75) is 25.8 Å². The molecule has 1 aliphatic rings. The maximum absolute atomic E-state index is 12.3. The third-order valence-electron chi connectivity index (χ3n) is 4.04. The first-order valence-corrected chi connectivity index (χ1v) is 7.81. The van der Waals surface area contributed by atoms with E-state index in [1.807, 2.05) is 24.3 Å². The Morgan fingerprint density at radius 1 is 1.09 bits per heavy atom. The van der Waals surface area contributed by atoms with Crippen LogP contribution in [-0.2, 0) is 20.9 Å². The second-order valence-corrected chi connectivity index (χ2v) is 5.72. The largest absolute Gasteiger partial charge is 0.497 e. The lowest BCUT2D eigenvalue weighted by atomic mass is 10.0. The van der Waals surface area contributed by atoms with Crippen LogP contribution < -0.4 is 15.4 Å². The maximum Gasteiger partial charge on any atom is 0.235 e. The van der Waals surface area contributed by atoms with Crippen molar-refractivity contribution in [1.82, 2.24) is 10.6 Å². The van der Waals surface area contributed by atoms with Crippen LogP contribution in [0.1, 0.15) is 24.8 Å². The van der Waals surface area contributed by atoms with E-state index in [0.717, 1.165) is 17.7 Å². The van der Waals surface area contributed by atoms with Gasteiger partial charge in [-0.25, -0.2) is 0 Å². The molecule has 0 spiro atoms. The van der Waals surface area contributed by atoms with Crippen molar-refractivity contribution in [3.63, 3.8) is 0 Å². The van der Waals surface area contributed by atoms with Gasteiger partial charge in [-0.15, -0.1) is 0 Å². The lowest BCUT2D eigenvalue weighted by Gasteiger charge is -2.15. The number of carbonyl (C=O) groups excluding carboxylic acids is 2. The highest BCUT2D eigenvalue weighted by Gasteiger charge is 2.56. The van der Waals surface area contributed by atoms with Gasteiger partial charge in [0, 0.05) is 26.8 Å². The van der Waals surface area contributed by atoms with Crippen LogP contribution in [-0.4, -0.2) is 39.2 Å². The minimum atomic E-state index is -0.875. The molecule has 0 aromatic heterocycles. The van der Waals surface area contributed by atoms with Gasteiger partial charge in [0.1, 0.15) is 11.2 Å². The molecular formula is C17H24N2O4. The average Bonchev–Trinajstić information content (AvgIpc) is 3.39. The molecular weight excluding hydrogens is 296 g/mol. The fourth-order valence-electron chi connectivity index (χ4n) is 2.36. The minimum absolute atomic E-state index is 0.180.